The summed E-state index contributed by atoms with van der Waals surface area (Å²) < 4.78 is 0. The van der Waals surface area contributed by atoms with Gasteiger partial charge in [-0.15, -0.1) is 0 Å². The molecule has 2 N–H and O–H groups in total. The third-order valence-corrected chi connectivity index (χ3v) is 8.45. The second-order valence-electron chi connectivity index (χ2n) is 11.0. The molecule has 6 atom stereocenters. The van der Waals surface area contributed by atoms with Crippen molar-refractivity contribution in [1.82, 2.24) is 0 Å². The topological polar surface area (TPSA) is 40.5 Å². The van der Waals surface area contributed by atoms with Crippen LogP contribution in [0.2, 0.25) is 0 Å². The molecule has 2 nitrogen and oxygen atoms in total. The van der Waals surface area contributed by atoms with Gasteiger partial charge in [0.1, 0.15) is 0 Å². The second-order valence-corrected chi connectivity index (χ2v) is 11.0. The first-order valence-corrected chi connectivity index (χ1v) is 12.2. The number of allylic oxidation sites excluding steroid dienone is 3. The minimum absolute atomic E-state index is 0.457. The fourth-order valence-corrected chi connectivity index (χ4v) is 6.68. The average Bonchev–Trinajstić information content (AvgIpc) is 3.01. The van der Waals surface area contributed by atoms with Gasteiger partial charge in [-0.3, -0.25) is 0 Å². The third-order valence-electron chi connectivity index (χ3n) is 8.45. The standard InChI is InChI=1S/C27H44O2/c1-18(2)8-6-9-19(3)23-13-14-24-21(10-7-15-27(23,24)5)11-12-22-17-26(29)25(28)16-20(22)4/h11-12,18-19,23-26,28-29H,4,6-10,13-17H2,1-3,5H3/b21-11+,22-12+/t19-,23-,24+,25+,26-,27-/m1/s1. The largest absolute Gasteiger partial charge is 0.390 e. The lowest BCUT2D eigenvalue weighted by Gasteiger charge is -2.44. The highest BCUT2D eigenvalue weighted by atomic mass is 16.3. The molecule has 0 unspecified atom stereocenters. The summed E-state index contributed by atoms with van der Waals surface area (Å²) in [7, 11) is 0. The summed E-state index contributed by atoms with van der Waals surface area (Å²) in [5.41, 5.74) is 4.19. The molecule has 0 amide bonds. The minimum Gasteiger partial charge on any atom is -0.390 e. The first kappa shape index (κ1) is 22.8. The van der Waals surface area contributed by atoms with E-state index in [-0.39, 0.29) is 0 Å². The molecule has 0 aromatic rings. The van der Waals surface area contributed by atoms with Crippen molar-refractivity contribution in [2.75, 3.05) is 0 Å². The molecule has 0 aromatic carbocycles. The van der Waals surface area contributed by atoms with Crippen molar-refractivity contribution in [3.8, 4) is 0 Å². The maximum Gasteiger partial charge on any atom is 0.0842 e. The Morgan fingerprint density at radius 2 is 1.79 bits per heavy atom. The molecule has 0 saturated heterocycles. The average molecular weight is 401 g/mol. The van der Waals surface area contributed by atoms with Crippen LogP contribution < -0.4 is 0 Å². The number of hydrogen-bond donors (Lipinski definition) is 2. The lowest BCUT2D eigenvalue weighted by atomic mass is 9.60. The van der Waals surface area contributed by atoms with Crippen LogP contribution >= 0.6 is 0 Å². The first-order valence-electron chi connectivity index (χ1n) is 12.2. The zero-order valence-corrected chi connectivity index (χ0v) is 19.3. The van der Waals surface area contributed by atoms with E-state index in [2.05, 4.69) is 46.4 Å². The van der Waals surface area contributed by atoms with Crippen LogP contribution in [0.25, 0.3) is 0 Å². The van der Waals surface area contributed by atoms with Crippen LogP contribution in [0.3, 0.4) is 0 Å². The van der Waals surface area contributed by atoms with E-state index >= 15 is 0 Å². The number of aliphatic hydroxyl groups excluding tert-OH is 2. The predicted octanol–water partition coefficient (Wildman–Crippen LogP) is 6.59. The Kier molecular flexibility index (Phi) is 7.49. The summed E-state index contributed by atoms with van der Waals surface area (Å²) in [5, 5.41) is 19.9. The summed E-state index contributed by atoms with van der Waals surface area (Å²) in [6, 6.07) is 0. The highest BCUT2D eigenvalue weighted by Gasteiger charge is 2.50. The monoisotopic (exact) mass is 400 g/mol. The van der Waals surface area contributed by atoms with E-state index in [9.17, 15) is 10.2 Å². The molecule has 2 heteroatoms. The minimum atomic E-state index is -0.655. The Labute approximate surface area is 179 Å². The molecular weight excluding hydrogens is 356 g/mol. The molecule has 3 saturated carbocycles. The van der Waals surface area contributed by atoms with Crippen LogP contribution in [-0.2, 0) is 0 Å². The van der Waals surface area contributed by atoms with Gasteiger partial charge in [-0.05, 0) is 72.3 Å². The lowest BCUT2D eigenvalue weighted by molar-refractivity contribution is 0.0138. The molecule has 29 heavy (non-hydrogen) atoms. The molecule has 0 aliphatic heterocycles. The Bertz CT molecular complexity index is 643. The van der Waals surface area contributed by atoms with Gasteiger partial charge in [-0.2, -0.15) is 0 Å². The van der Waals surface area contributed by atoms with Gasteiger partial charge in [0.15, 0.2) is 0 Å². The highest BCUT2D eigenvalue weighted by Crippen LogP contribution is 2.59. The summed E-state index contributed by atoms with van der Waals surface area (Å²) in [4.78, 5) is 0. The molecule has 164 valence electrons. The van der Waals surface area contributed by atoms with E-state index in [4.69, 9.17) is 0 Å². The molecule has 0 bridgehead atoms. The van der Waals surface area contributed by atoms with Crippen LogP contribution in [-0.4, -0.2) is 22.4 Å². The Morgan fingerprint density at radius 1 is 1.07 bits per heavy atom. The number of fused-ring (bicyclic) bond motifs is 1. The SMILES string of the molecule is C=C1C[C@H](O)[C@H](O)C/C1=C\C=C1/CCC[C@]2(C)[C@@H]([C@H](C)CCCC(C)C)CC[C@@H]12. The first-order chi connectivity index (χ1) is 13.7. The van der Waals surface area contributed by atoms with E-state index in [1.807, 2.05) is 0 Å². The smallest absolute Gasteiger partial charge is 0.0842 e. The molecule has 3 rings (SSSR count). The normalized spacial score (nSPS) is 39.3. The van der Waals surface area contributed by atoms with Gasteiger partial charge in [0.05, 0.1) is 12.2 Å². The maximum absolute atomic E-state index is 10.0. The molecule has 0 heterocycles. The molecule has 0 radical (unpaired) electrons. The fraction of sp³-hybridized carbons (Fsp3) is 0.778. The van der Waals surface area contributed by atoms with Gasteiger partial charge < -0.3 is 10.2 Å². The highest BCUT2D eigenvalue weighted by molar-refractivity contribution is 5.37. The van der Waals surface area contributed by atoms with E-state index in [1.54, 1.807) is 5.57 Å². The van der Waals surface area contributed by atoms with Crippen molar-refractivity contribution < 1.29 is 10.2 Å². The van der Waals surface area contributed by atoms with Gasteiger partial charge in [0.25, 0.3) is 0 Å². The van der Waals surface area contributed by atoms with Crippen LogP contribution in [0.5, 0.6) is 0 Å². The summed E-state index contributed by atoms with van der Waals surface area (Å²) >= 11 is 0. The molecule has 3 aliphatic carbocycles. The van der Waals surface area contributed by atoms with Gasteiger partial charge in [-0.1, -0.05) is 71.3 Å². The zero-order valence-electron chi connectivity index (χ0n) is 19.3. The van der Waals surface area contributed by atoms with E-state index < -0.39 is 12.2 Å². The Hall–Kier alpha value is -0.860. The molecule has 3 aliphatic rings. The predicted molar refractivity (Wildman–Crippen MR) is 123 cm³/mol. The summed E-state index contributed by atoms with van der Waals surface area (Å²) in [5.74, 6) is 3.23. The van der Waals surface area contributed by atoms with Gasteiger partial charge in [0.2, 0.25) is 0 Å². The van der Waals surface area contributed by atoms with Crippen molar-refractivity contribution in [1.29, 1.82) is 0 Å². The van der Waals surface area contributed by atoms with Crippen molar-refractivity contribution in [2.24, 2.45) is 29.1 Å². The zero-order chi connectivity index (χ0) is 21.2. The van der Waals surface area contributed by atoms with E-state index in [1.165, 1.54) is 51.4 Å². The van der Waals surface area contributed by atoms with Gasteiger partial charge >= 0.3 is 0 Å². The number of rotatable bonds is 6. The van der Waals surface area contributed by atoms with E-state index in [0.717, 1.165) is 34.8 Å². The van der Waals surface area contributed by atoms with Crippen molar-refractivity contribution in [3.05, 3.63) is 35.5 Å². The van der Waals surface area contributed by atoms with Crippen LogP contribution in [0, 0.1) is 29.1 Å². The number of hydrogen-bond acceptors (Lipinski definition) is 2. The molecular formula is C27H44O2. The number of aliphatic hydroxyl groups is 2. The van der Waals surface area contributed by atoms with Crippen molar-refractivity contribution >= 4 is 0 Å². The second kappa shape index (κ2) is 9.52. The lowest BCUT2D eigenvalue weighted by Crippen LogP contribution is -2.36. The van der Waals surface area contributed by atoms with Crippen molar-refractivity contribution in [3.63, 3.8) is 0 Å². The molecule has 3 fully saturated rings. The van der Waals surface area contributed by atoms with Gasteiger partial charge in [-0.25, -0.2) is 0 Å². The molecule has 0 aromatic heterocycles. The maximum atomic E-state index is 10.0. The summed E-state index contributed by atoms with van der Waals surface area (Å²) in [6.45, 7) is 13.9. The molecule has 0 spiro atoms. The van der Waals surface area contributed by atoms with Gasteiger partial charge in [0, 0.05) is 12.8 Å². The fourth-order valence-electron chi connectivity index (χ4n) is 6.68. The third kappa shape index (κ3) is 5.07. The Morgan fingerprint density at radius 3 is 2.52 bits per heavy atom. The van der Waals surface area contributed by atoms with Crippen LogP contribution in [0.4, 0.5) is 0 Å². The Balaban J connectivity index is 1.70. The van der Waals surface area contributed by atoms with E-state index in [0.29, 0.717) is 18.3 Å². The summed E-state index contributed by atoms with van der Waals surface area (Å²) in [6.07, 6.45) is 15.0. The van der Waals surface area contributed by atoms with Crippen molar-refractivity contribution in [2.45, 2.75) is 104 Å². The quantitative estimate of drug-likeness (QED) is 0.528. The van der Waals surface area contributed by atoms with Crippen LogP contribution in [0.15, 0.2) is 35.5 Å². The van der Waals surface area contributed by atoms with Crippen LogP contribution in [0.1, 0.15) is 91.9 Å².